The van der Waals surface area contributed by atoms with Gasteiger partial charge < -0.3 is 14.8 Å². The lowest BCUT2D eigenvalue weighted by Gasteiger charge is -2.08. The fraction of sp³-hybridized carbons (Fsp3) is 0.238. The van der Waals surface area contributed by atoms with Crippen LogP contribution in [0.4, 0.5) is 5.82 Å². The normalized spacial score (nSPS) is 14.3. The van der Waals surface area contributed by atoms with Gasteiger partial charge in [0.2, 0.25) is 18.6 Å². The van der Waals surface area contributed by atoms with Crippen LogP contribution >= 0.6 is 0 Å². The second kappa shape index (κ2) is 7.18. The Kier molecular flexibility index (Phi) is 4.35. The third-order valence-electron chi connectivity index (χ3n) is 5.04. The van der Waals surface area contributed by atoms with E-state index in [9.17, 15) is 9.59 Å². The van der Waals surface area contributed by atoms with E-state index in [-0.39, 0.29) is 18.3 Å². The number of hydrogen-bond acceptors (Lipinski definition) is 6. The summed E-state index contributed by atoms with van der Waals surface area (Å²) in [7, 11) is 0. The summed E-state index contributed by atoms with van der Waals surface area (Å²) in [5.41, 5.74) is 2.87. The van der Waals surface area contributed by atoms with Crippen LogP contribution < -0.4 is 20.3 Å². The summed E-state index contributed by atoms with van der Waals surface area (Å²) in [5.74, 6) is 1.72. The van der Waals surface area contributed by atoms with Crippen LogP contribution in [-0.4, -0.2) is 32.4 Å². The Morgan fingerprint density at radius 3 is 3.00 bits per heavy atom. The smallest absolute Gasteiger partial charge is 0.255 e. The van der Waals surface area contributed by atoms with Gasteiger partial charge in [0, 0.05) is 17.7 Å². The predicted molar refractivity (Wildman–Crippen MR) is 109 cm³/mol. The first-order chi connectivity index (χ1) is 14.6. The molecule has 2 aliphatic rings. The molecule has 0 fully saturated rings. The number of aromatic nitrogens is 4. The van der Waals surface area contributed by atoms with E-state index in [1.807, 2.05) is 6.07 Å². The van der Waals surface area contributed by atoms with Crippen molar-refractivity contribution in [3.05, 3.63) is 63.2 Å². The summed E-state index contributed by atoms with van der Waals surface area (Å²) in [5, 5.41) is 7.17. The Morgan fingerprint density at radius 2 is 2.10 bits per heavy atom. The molecule has 9 nitrogen and oxygen atoms in total. The Balaban J connectivity index is 1.38. The number of H-pyrrole nitrogens is 1. The van der Waals surface area contributed by atoms with Gasteiger partial charge in [0.1, 0.15) is 5.82 Å². The summed E-state index contributed by atoms with van der Waals surface area (Å²) in [6, 6.07) is 7.17. The van der Waals surface area contributed by atoms with Crippen LogP contribution in [0.5, 0.6) is 11.5 Å². The molecule has 0 saturated carbocycles. The van der Waals surface area contributed by atoms with Crippen molar-refractivity contribution in [3.8, 4) is 17.4 Å². The highest BCUT2D eigenvalue weighted by atomic mass is 16.7. The van der Waals surface area contributed by atoms with Crippen molar-refractivity contribution in [2.24, 2.45) is 0 Å². The molecule has 0 spiro atoms. The fourth-order valence-electron chi connectivity index (χ4n) is 3.64. The molecule has 0 atom stereocenters. The maximum Gasteiger partial charge on any atom is 0.255 e. The minimum absolute atomic E-state index is 0.152. The van der Waals surface area contributed by atoms with Gasteiger partial charge in [-0.2, -0.15) is 9.78 Å². The van der Waals surface area contributed by atoms with Gasteiger partial charge in [0.25, 0.3) is 5.56 Å². The minimum Gasteiger partial charge on any atom is -0.454 e. The number of ether oxygens (including phenoxy) is 2. The van der Waals surface area contributed by atoms with Gasteiger partial charge in [-0.05, 0) is 50.0 Å². The van der Waals surface area contributed by atoms with Crippen molar-refractivity contribution >= 4 is 17.8 Å². The summed E-state index contributed by atoms with van der Waals surface area (Å²) in [4.78, 5) is 32.1. The summed E-state index contributed by atoms with van der Waals surface area (Å²) < 4.78 is 12.1. The van der Waals surface area contributed by atoms with E-state index in [0.29, 0.717) is 29.0 Å². The van der Waals surface area contributed by atoms with E-state index in [0.717, 1.165) is 36.1 Å². The average molecular weight is 405 g/mol. The van der Waals surface area contributed by atoms with Gasteiger partial charge in [-0.25, -0.2) is 4.98 Å². The summed E-state index contributed by atoms with van der Waals surface area (Å²) in [6.07, 6.45) is 5.53. The van der Waals surface area contributed by atoms with E-state index in [1.54, 1.807) is 31.2 Å². The van der Waals surface area contributed by atoms with Crippen molar-refractivity contribution in [1.82, 2.24) is 19.7 Å². The molecule has 30 heavy (non-hydrogen) atoms. The number of benzene rings is 1. The summed E-state index contributed by atoms with van der Waals surface area (Å²) >= 11 is 0. The number of fused-ring (bicyclic) bond motifs is 2. The maximum absolute atomic E-state index is 12.5. The first kappa shape index (κ1) is 18.2. The highest BCUT2D eigenvalue weighted by Gasteiger charge is 2.20. The molecule has 152 valence electrons. The molecular formula is C21H19N5O4. The monoisotopic (exact) mass is 405 g/mol. The predicted octanol–water partition coefficient (Wildman–Crippen LogP) is 2.13. The molecular weight excluding hydrogens is 386 g/mol. The molecule has 3 aromatic rings. The molecule has 1 aliphatic carbocycles. The average Bonchev–Trinajstić information content (AvgIpc) is 3.45. The van der Waals surface area contributed by atoms with Gasteiger partial charge in [-0.15, -0.1) is 0 Å². The van der Waals surface area contributed by atoms with Crippen LogP contribution in [-0.2, 0) is 17.6 Å². The number of anilines is 1. The third-order valence-corrected chi connectivity index (χ3v) is 5.04. The largest absolute Gasteiger partial charge is 0.454 e. The van der Waals surface area contributed by atoms with E-state index in [4.69, 9.17) is 9.47 Å². The lowest BCUT2D eigenvalue weighted by Crippen LogP contribution is -2.20. The number of aryl methyl sites for hydroxylation is 2. The second-order valence-corrected chi connectivity index (χ2v) is 7.19. The molecule has 9 heteroatoms. The van der Waals surface area contributed by atoms with Crippen molar-refractivity contribution in [1.29, 1.82) is 0 Å². The van der Waals surface area contributed by atoms with E-state index < -0.39 is 0 Å². The number of carbonyl (C=O) groups is 1. The fourth-order valence-corrected chi connectivity index (χ4v) is 3.64. The van der Waals surface area contributed by atoms with Gasteiger partial charge in [-0.3, -0.25) is 14.6 Å². The Labute approximate surface area is 171 Å². The highest BCUT2D eigenvalue weighted by Crippen LogP contribution is 2.32. The molecule has 2 N–H and O–H groups in total. The van der Waals surface area contributed by atoms with Crippen molar-refractivity contribution in [2.45, 2.75) is 26.2 Å². The Hall–Kier alpha value is -3.88. The van der Waals surface area contributed by atoms with Crippen molar-refractivity contribution in [2.75, 3.05) is 12.1 Å². The van der Waals surface area contributed by atoms with Gasteiger partial charge in [0.15, 0.2) is 11.5 Å². The van der Waals surface area contributed by atoms with Gasteiger partial charge >= 0.3 is 0 Å². The molecule has 1 amide bonds. The summed E-state index contributed by atoms with van der Waals surface area (Å²) in [6.45, 7) is 2.01. The minimum atomic E-state index is -0.336. The first-order valence-corrected chi connectivity index (χ1v) is 9.65. The number of nitrogens with zero attached hydrogens (tertiary/aromatic N) is 3. The zero-order valence-electron chi connectivity index (χ0n) is 16.3. The van der Waals surface area contributed by atoms with Crippen LogP contribution in [0.25, 0.3) is 12.0 Å². The second-order valence-electron chi connectivity index (χ2n) is 7.19. The first-order valence-electron chi connectivity index (χ1n) is 9.65. The molecule has 0 saturated heterocycles. The number of aromatic amines is 1. The van der Waals surface area contributed by atoms with Crippen molar-refractivity contribution in [3.63, 3.8) is 0 Å². The molecule has 0 unspecified atom stereocenters. The lowest BCUT2D eigenvalue weighted by atomic mass is 10.2. The molecule has 0 radical (unpaired) electrons. The lowest BCUT2D eigenvalue weighted by molar-refractivity contribution is -0.111. The van der Waals surface area contributed by atoms with E-state index in [1.165, 1.54) is 10.8 Å². The topological polar surface area (TPSA) is 111 Å². The maximum atomic E-state index is 12.5. The van der Waals surface area contributed by atoms with Gasteiger partial charge in [-0.1, -0.05) is 6.07 Å². The number of rotatable bonds is 4. The van der Waals surface area contributed by atoms with Crippen LogP contribution in [0.2, 0.25) is 0 Å². The number of nitrogens with one attached hydrogen (secondary N) is 2. The zero-order valence-corrected chi connectivity index (χ0v) is 16.3. The Morgan fingerprint density at radius 1 is 1.23 bits per heavy atom. The van der Waals surface area contributed by atoms with E-state index >= 15 is 0 Å². The van der Waals surface area contributed by atoms with Crippen LogP contribution in [0, 0.1) is 6.92 Å². The standard InChI is InChI=1S/C21H19N5O4/c1-12-9-18(26(25-12)21-22-15-4-2-3-14(15)20(28)24-21)23-19(27)8-6-13-5-7-16-17(10-13)30-11-29-16/h5-10H,2-4,11H2,1H3,(H,23,27)(H,22,24,28). The highest BCUT2D eigenvalue weighted by molar-refractivity contribution is 6.01. The number of carbonyl (C=O) groups excluding carboxylic acids is 1. The number of hydrogen-bond donors (Lipinski definition) is 2. The van der Waals surface area contributed by atoms with Crippen LogP contribution in [0.3, 0.4) is 0 Å². The molecule has 3 heterocycles. The van der Waals surface area contributed by atoms with Crippen molar-refractivity contribution < 1.29 is 14.3 Å². The SMILES string of the molecule is Cc1cc(NC(=O)C=Cc2ccc3c(c2)OCO3)n(-c2nc3c(c(=O)[nH]2)CCC3)n1. The molecule has 0 bridgehead atoms. The van der Waals surface area contributed by atoms with Crippen LogP contribution in [0.1, 0.15) is 28.9 Å². The van der Waals surface area contributed by atoms with Crippen LogP contribution in [0.15, 0.2) is 35.1 Å². The molecule has 1 aliphatic heterocycles. The number of amides is 1. The molecule has 5 rings (SSSR count). The molecule has 1 aromatic carbocycles. The van der Waals surface area contributed by atoms with Gasteiger partial charge in [0.05, 0.1) is 11.4 Å². The quantitative estimate of drug-likeness (QED) is 0.644. The van der Waals surface area contributed by atoms with E-state index in [2.05, 4.69) is 20.4 Å². The zero-order chi connectivity index (χ0) is 20.7. The third kappa shape index (κ3) is 3.34. The Bertz CT molecular complexity index is 1240. The molecule has 2 aromatic heterocycles.